The quantitative estimate of drug-likeness (QED) is 0.0257. The number of ether oxygens (including phenoxy) is 3. The van der Waals surface area contributed by atoms with Crippen LogP contribution in [0.25, 0.3) is 33.4 Å². The van der Waals surface area contributed by atoms with Gasteiger partial charge in [-0.3, -0.25) is 13.7 Å². The van der Waals surface area contributed by atoms with Gasteiger partial charge in [-0.1, -0.05) is 109 Å². The molecule has 2 unspecified atom stereocenters. The minimum Gasteiger partial charge on any atom is -1.00 e. The number of aliphatic hydroxyl groups is 3. The van der Waals surface area contributed by atoms with Crippen LogP contribution in [-0.2, 0) is 35.8 Å². The fraction of sp³-hybridized carbons (Fsp3) is 0.272. The average Bonchev–Trinajstić information content (AvgIpc) is 0.779. The molecule has 0 spiro atoms. The molecule has 3 amide bonds. The third-order valence-electron chi connectivity index (χ3n) is 19.1. The molecular formula is C81H77BrF9IMgN3NaO14. The number of amides is 3. The SMILES string of the molecule is CC(O)C[C@]1(c2ccc(F)cc2)CCN([C@@H](C)c2ccc(-c3ccc(F)cc3F)cc2)C(=O)O1.C[C@@H](c1ccc(-c2ccc(F)cc2F)cc1)N1CC[C@](CC(O)CO)(c2ccc(F)cc2)OC1=O.C[C@@H](c1ccc(-c2ccc(F)cc2F)cc1)N1CC[C@](CC=O)(c2ccc(F)cc2)OC1=O.[Br-].[CH3-].[Mg+2].[Na+].[O-][I+3]([O-])([O-])[O-]. The van der Waals surface area contributed by atoms with Crippen molar-refractivity contribution < 1.29 is 169 Å². The van der Waals surface area contributed by atoms with Gasteiger partial charge in [-0.25, -0.2) is 53.9 Å². The normalized spacial score (nSPS) is 18.6. The maximum atomic E-state index is 14.1. The standard InChI is InChI=1S/C27H26F3NO4.C27H26F3NO3.C26H22F3NO3.CH3.BrH.IO4.Mg.Na/c1-17(18-2-4-19(5-3-18)24-11-10-22(29)14-25(24)30)31-13-12-27(35-26(31)34,15-23(33)16-32)20-6-8-21(28)9-7-20;1-17(32)16-27(21-7-9-22(28)10-8-21)13-14-31(26(33)34-27)18(2)19-3-5-20(6-4-19)24-12-11-23(29)15-25(24)30;1-17(18-2-4-19(5-3-18)23-11-10-22(28)16-24(23)29)30-14-12-26(13-15-31,33-25(30)32)20-6-8-21(27)9-7-20;;;2-1(3,4)5;;/h2-11,14,17,23,32-33H,12-13,15-16H2,1H3;3-12,15,17-18,32H,13-14,16H2,1-2H3;2-11,15-17H,12-14H2,1H3;1H3;1H;;;/q;;;-1;;-1;+2;+1/p-1/t17-,23?,27-;17?,18-,27-;17-,26-;;;;;/m000...../s1. The molecule has 0 saturated carbocycles. The Labute approximate surface area is 691 Å². The summed E-state index contributed by atoms with van der Waals surface area (Å²) in [6.07, 6.45) is -1.58. The van der Waals surface area contributed by atoms with Crippen LogP contribution < -0.4 is 80.4 Å². The molecular weight excluding hydrogens is 1660 g/mol. The number of cyclic esters (lactones) is 3. The summed E-state index contributed by atoms with van der Waals surface area (Å²) in [4.78, 5) is 55.1. The van der Waals surface area contributed by atoms with Gasteiger partial charge in [0.05, 0.1) is 36.9 Å². The Morgan fingerprint density at radius 1 is 0.432 bits per heavy atom. The second kappa shape index (κ2) is 41.5. The van der Waals surface area contributed by atoms with Crippen LogP contribution in [0.15, 0.2) is 200 Å². The maximum absolute atomic E-state index is 14.1. The fourth-order valence-corrected chi connectivity index (χ4v) is 13.3. The molecule has 9 aromatic rings. The molecule has 3 heterocycles. The van der Waals surface area contributed by atoms with E-state index in [0.717, 1.165) is 34.9 Å². The molecule has 17 nitrogen and oxygen atoms in total. The Morgan fingerprint density at radius 3 is 0.937 bits per heavy atom. The number of aldehydes is 1. The van der Waals surface area contributed by atoms with Gasteiger partial charge in [-0.2, -0.15) is 0 Å². The van der Waals surface area contributed by atoms with Gasteiger partial charge in [0.15, 0.2) is 0 Å². The molecule has 0 aliphatic carbocycles. The van der Waals surface area contributed by atoms with E-state index in [9.17, 15) is 74.0 Å². The van der Waals surface area contributed by atoms with Crippen LogP contribution in [0.3, 0.4) is 0 Å². The van der Waals surface area contributed by atoms with Crippen molar-refractivity contribution in [3.63, 3.8) is 0 Å². The van der Waals surface area contributed by atoms with Gasteiger partial charge in [0.2, 0.25) is 0 Å². The summed E-state index contributed by atoms with van der Waals surface area (Å²) < 4.78 is 174. The van der Waals surface area contributed by atoms with Crippen molar-refractivity contribution in [3.05, 3.63) is 293 Å². The third kappa shape index (κ3) is 24.3. The number of benzene rings is 9. The first-order chi connectivity index (χ1) is 50.7. The van der Waals surface area contributed by atoms with E-state index < -0.39 is 126 Å². The van der Waals surface area contributed by atoms with Crippen LogP contribution in [-0.4, -0.2) is 116 Å². The third-order valence-corrected chi connectivity index (χ3v) is 19.1. The van der Waals surface area contributed by atoms with E-state index in [1.807, 2.05) is 20.8 Å². The first-order valence-corrected chi connectivity index (χ1v) is 37.2. The number of aliphatic hydroxyl groups excluding tert-OH is 3. The minimum atomic E-state index is -5.94. The van der Waals surface area contributed by atoms with Gasteiger partial charge >= 0.3 is 70.9 Å². The summed E-state index contributed by atoms with van der Waals surface area (Å²) in [7, 11) is 0. The van der Waals surface area contributed by atoms with Crippen LogP contribution in [0.5, 0.6) is 0 Å². The van der Waals surface area contributed by atoms with Crippen molar-refractivity contribution in [2.75, 3.05) is 26.2 Å². The van der Waals surface area contributed by atoms with E-state index in [0.29, 0.717) is 84.1 Å². The number of carbonyl (C=O) groups excluding carboxylic acids is 4. The van der Waals surface area contributed by atoms with Gasteiger partial charge in [0.25, 0.3) is 0 Å². The van der Waals surface area contributed by atoms with Gasteiger partial charge < -0.3 is 73.4 Å². The van der Waals surface area contributed by atoms with Crippen LogP contribution in [0.2, 0.25) is 0 Å². The minimum absolute atomic E-state index is 0. The van der Waals surface area contributed by atoms with Gasteiger partial charge in [0.1, 0.15) is 95.5 Å². The molecule has 3 aliphatic rings. The van der Waals surface area contributed by atoms with Crippen molar-refractivity contribution in [1.29, 1.82) is 0 Å². The number of carbonyl (C=O) groups is 4. The van der Waals surface area contributed by atoms with Crippen LogP contribution in [0.4, 0.5) is 53.9 Å². The van der Waals surface area contributed by atoms with Crippen molar-refractivity contribution in [1.82, 2.24) is 14.7 Å². The Kier molecular flexibility index (Phi) is 35.2. The average molecular weight is 1740 g/mol. The van der Waals surface area contributed by atoms with E-state index in [4.69, 9.17) is 28.0 Å². The molecule has 3 fully saturated rings. The molecule has 8 atom stereocenters. The molecule has 9 aromatic carbocycles. The Balaban J connectivity index is 0.000000284. The zero-order valence-corrected chi connectivity index (χ0v) is 68.3. The molecule has 0 aromatic heterocycles. The number of rotatable bonds is 19. The predicted octanol–water partition coefficient (Wildman–Crippen LogP) is 4.14. The number of nitrogens with zero attached hydrogens (tertiary/aromatic N) is 3. The van der Waals surface area contributed by atoms with E-state index in [2.05, 4.69) is 0 Å². The largest absolute Gasteiger partial charge is 2.00 e. The molecule has 3 N–H and O–H groups in total. The summed E-state index contributed by atoms with van der Waals surface area (Å²) in [5, 5.41) is 29.5. The Hall–Kier alpha value is -7.47. The second-order valence-electron chi connectivity index (χ2n) is 26.0. The molecule has 111 heavy (non-hydrogen) atoms. The molecule has 3 saturated heterocycles. The van der Waals surface area contributed by atoms with Crippen molar-refractivity contribution in [2.24, 2.45) is 0 Å². The van der Waals surface area contributed by atoms with Crippen LogP contribution >= 0.6 is 0 Å². The van der Waals surface area contributed by atoms with E-state index in [1.54, 1.807) is 107 Å². The van der Waals surface area contributed by atoms with Crippen molar-refractivity contribution in [3.8, 4) is 33.4 Å². The van der Waals surface area contributed by atoms with E-state index in [1.165, 1.54) is 97.1 Å². The predicted molar refractivity (Wildman–Crippen MR) is 375 cm³/mol. The summed E-state index contributed by atoms with van der Waals surface area (Å²) in [6, 6.07) is 47.2. The molecule has 3 aliphatic heterocycles. The molecule has 30 heteroatoms. The topological polar surface area (TPSA) is 259 Å². The summed E-state index contributed by atoms with van der Waals surface area (Å²) in [6.45, 7) is 7.68. The smallest absolute Gasteiger partial charge is 1.00 e. The zero-order valence-electron chi connectivity index (χ0n) is 61.1. The first kappa shape index (κ1) is 94.1. The van der Waals surface area contributed by atoms with Gasteiger partial charge in [-0.05, 0) is 151 Å². The molecule has 0 radical (unpaired) electrons. The molecule has 0 bridgehead atoms. The number of halogens is 11. The van der Waals surface area contributed by atoms with E-state index in [-0.39, 0.29) is 126 Å². The number of hydrogen-bond donors (Lipinski definition) is 3. The van der Waals surface area contributed by atoms with Crippen LogP contribution in [0.1, 0.15) is 118 Å². The van der Waals surface area contributed by atoms with Gasteiger partial charge in [0, 0.05) is 93.0 Å². The molecule has 12 rings (SSSR count). The Bertz CT molecular complexity index is 4550. The second-order valence-corrected chi connectivity index (χ2v) is 28.2. The van der Waals surface area contributed by atoms with Crippen LogP contribution in [0, 0.1) is 59.8 Å². The van der Waals surface area contributed by atoms with E-state index >= 15 is 0 Å². The first-order valence-electron chi connectivity index (χ1n) is 33.7. The monoisotopic (exact) mass is 1740 g/mol. The van der Waals surface area contributed by atoms with Crippen molar-refractivity contribution in [2.45, 2.75) is 113 Å². The zero-order chi connectivity index (χ0) is 77.7. The summed E-state index contributed by atoms with van der Waals surface area (Å²) in [5.41, 5.74) is 3.41. The molecule has 580 valence electrons. The van der Waals surface area contributed by atoms with Gasteiger partial charge in [-0.15, -0.1) is 0 Å². The van der Waals surface area contributed by atoms with Crippen molar-refractivity contribution >= 4 is 47.6 Å². The maximum Gasteiger partial charge on any atom is 2.00 e. The summed E-state index contributed by atoms with van der Waals surface area (Å²) >= 11 is -5.94. The fourth-order valence-electron chi connectivity index (χ4n) is 13.3. The number of hydrogen-bond acceptors (Lipinski definition) is 14. The Morgan fingerprint density at radius 2 is 0.685 bits per heavy atom. The summed E-state index contributed by atoms with van der Waals surface area (Å²) in [5.74, 6) is -5.13.